The first-order valence-electron chi connectivity index (χ1n) is 8.16. The molecule has 0 saturated carbocycles. The molecule has 2 aromatic rings. The van der Waals surface area contributed by atoms with Crippen LogP contribution in [0, 0.1) is 0 Å². The lowest BCUT2D eigenvalue weighted by molar-refractivity contribution is 0.336. The zero-order valence-corrected chi connectivity index (χ0v) is 12.8. The number of anilines is 1. The summed E-state index contributed by atoms with van der Waals surface area (Å²) >= 11 is 0. The molecule has 0 amide bonds. The summed E-state index contributed by atoms with van der Waals surface area (Å²) in [5.74, 6) is 1.12. The van der Waals surface area contributed by atoms with Gasteiger partial charge >= 0.3 is 0 Å². The van der Waals surface area contributed by atoms with E-state index in [0.717, 1.165) is 31.3 Å². The van der Waals surface area contributed by atoms with E-state index in [-0.39, 0.29) is 0 Å². The van der Waals surface area contributed by atoms with Gasteiger partial charge in [0, 0.05) is 18.8 Å². The Kier molecular flexibility index (Phi) is 3.55. The van der Waals surface area contributed by atoms with E-state index < -0.39 is 0 Å². The number of benzene rings is 2. The van der Waals surface area contributed by atoms with Gasteiger partial charge in [0.2, 0.25) is 5.96 Å². The van der Waals surface area contributed by atoms with Crippen molar-refractivity contribution in [3.05, 3.63) is 60.2 Å². The summed E-state index contributed by atoms with van der Waals surface area (Å²) in [6.45, 7) is 3.13. The largest absolute Gasteiger partial charge is 0.342 e. The minimum Gasteiger partial charge on any atom is -0.342 e. The van der Waals surface area contributed by atoms with Crippen LogP contribution in [0.5, 0.6) is 0 Å². The molecule has 2 heterocycles. The predicted molar refractivity (Wildman–Crippen MR) is 91.6 cm³/mol. The van der Waals surface area contributed by atoms with E-state index in [4.69, 9.17) is 4.99 Å². The zero-order chi connectivity index (χ0) is 14.8. The molecular weight excluding hydrogens is 270 g/mol. The first kappa shape index (κ1) is 13.4. The van der Waals surface area contributed by atoms with Crippen LogP contribution >= 0.6 is 0 Å². The molecule has 0 N–H and O–H groups in total. The highest BCUT2D eigenvalue weighted by Crippen LogP contribution is 2.31. The van der Waals surface area contributed by atoms with Gasteiger partial charge in [-0.1, -0.05) is 36.4 Å². The van der Waals surface area contributed by atoms with Gasteiger partial charge in [0.05, 0.1) is 12.2 Å². The fourth-order valence-corrected chi connectivity index (χ4v) is 3.31. The van der Waals surface area contributed by atoms with E-state index >= 15 is 0 Å². The van der Waals surface area contributed by atoms with Gasteiger partial charge in [-0.3, -0.25) is 0 Å². The maximum Gasteiger partial charge on any atom is 0.206 e. The summed E-state index contributed by atoms with van der Waals surface area (Å²) in [6, 6.07) is 19.1. The summed E-state index contributed by atoms with van der Waals surface area (Å²) in [5, 5.41) is 0. The Morgan fingerprint density at radius 3 is 2.32 bits per heavy atom. The van der Waals surface area contributed by atoms with Gasteiger partial charge in [-0.25, -0.2) is 4.99 Å². The van der Waals surface area contributed by atoms with Gasteiger partial charge in [-0.15, -0.1) is 0 Å². The molecule has 2 aliphatic rings. The topological polar surface area (TPSA) is 18.8 Å². The maximum absolute atomic E-state index is 5.00. The molecule has 0 aliphatic carbocycles. The number of hydrogen-bond donors (Lipinski definition) is 0. The Balaban J connectivity index is 1.76. The normalized spacial score (nSPS) is 17.9. The van der Waals surface area contributed by atoms with Crippen molar-refractivity contribution < 1.29 is 0 Å². The Hall–Kier alpha value is -2.29. The van der Waals surface area contributed by atoms with Crippen molar-refractivity contribution in [1.82, 2.24) is 4.90 Å². The first-order chi connectivity index (χ1) is 10.9. The highest BCUT2D eigenvalue weighted by atomic mass is 15.4. The number of fused-ring (bicyclic) bond motifs is 1. The van der Waals surface area contributed by atoms with Crippen LogP contribution in [0.4, 0.5) is 11.4 Å². The van der Waals surface area contributed by atoms with Crippen molar-refractivity contribution in [2.75, 3.05) is 18.0 Å². The number of piperidine rings is 1. The number of para-hydroxylation sites is 2. The highest BCUT2D eigenvalue weighted by Gasteiger charge is 2.26. The Morgan fingerprint density at radius 2 is 1.50 bits per heavy atom. The van der Waals surface area contributed by atoms with Gasteiger partial charge in [-0.05, 0) is 43.0 Å². The van der Waals surface area contributed by atoms with Crippen molar-refractivity contribution in [3.8, 4) is 0 Å². The fraction of sp³-hybridized carbons (Fsp3) is 0.316. The number of rotatable bonds is 1. The van der Waals surface area contributed by atoms with E-state index in [0.29, 0.717) is 0 Å². The van der Waals surface area contributed by atoms with Gasteiger partial charge < -0.3 is 9.80 Å². The van der Waals surface area contributed by atoms with E-state index in [2.05, 4.69) is 64.4 Å². The lowest BCUT2D eigenvalue weighted by Crippen LogP contribution is -2.47. The smallest absolute Gasteiger partial charge is 0.206 e. The Labute approximate surface area is 131 Å². The molecule has 0 bridgehead atoms. The lowest BCUT2D eigenvalue weighted by atomic mass is 10.1. The third-order valence-electron chi connectivity index (χ3n) is 4.49. The molecule has 0 spiro atoms. The molecule has 2 aliphatic heterocycles. The lowest BCUT2D eigenvalue weighted by Gasteiger charge is -2.39. The Bertz CT molecular complexity index is 672. The molecule has 3 heteroatoms. The van der Waals surface area contributed by atoms with Crippen LogP contribution in [-0.4, -0.2) is 23.9 Å². The monoisotopic (exact) mass is 291 g/mol. The molecule has 1 fully saturated rings. The maximum atomic E-state index is 5.00. The van der Waals surface area contributed by atoms with Crippen LogP contribution in [0.3, 0.4) is 0 Å². The van der Waals surface area contributed by atoms with Crippen LogP contribution in [0.2, 0.25) is 0 Å². The molecule has 22 heavy (non-hydrogen) atoms. The minimum absolute atomic E-state index is 0.898. The Morgan fingerprint density at radius 1 is 0.773 bits per heavy atom. The molecule has 0 unspecified atom stereocenters. The summed E-state index contributed by atoms with van der Waals surface area (Å²) in [6.07, 6.45) is 3.87. The summed E-state index contributed by atoms with van der Waals surface area (Å²) in [4.78, 5) is 9.80. The third kappa shape index (κ3) is 2.47. The fourth-order valence-electron chi connectivity index (χ4n) is 3.31. The number of guanidine groups is 1. The average molecular weight is 291 g/mol. The number of likely N-dealkylation sites (tertiary alicyclic amines) is 1. The molecule has 2 aromatic carbocycles. The van der Waals surface area contributed by atoms with Gasteiger partial charge in [-0.2, -0.15) is 0 Å². The second-order valence-corrected chi connectivity index (χ2v) is 6.01. The molecule has 0 aromatic heterocycles. The highest BCUT2D eigenvalue weighted by molar-refractivity contribution is 5.99. The van der Waals surface area contributed by atoms with Gasteiger partial charge in [0.1, 0.15) is 0 Å². The van der Waals surface area contributed by atoms with Crippen LogP contribution in [0.25, 0.3) is 0 Å². The molecule has 0 radical (unpaired) electrons. The second-order valence-electron chi connectivity index (χ2n) is 6.01. The SMILES string of the molecule is c1ccc(N2Cc3ccccc3N=C2N2CCCCC2)cc1. The van der Waals surface area contributed by atoms with Crippen LogP contribution in [-0.2, 0) is 6.54 Å². The molecule has 3 nitrogen and oxygen atoms in total. The number of aliphatic imine (C=N–C) groups is 1. The van der Waals surface area contributed by atoms with E-state index in [9.17, 15) is 0 Å². The standard InChI is InChI=1S/C19H21N3/c1-3-10-17(11-4-1)22-15-16-9-5-6-12-18(16)20-19(22)21-13-7-2-8-14-21/h1,3-6,9-12H,2,7-8,13-15H2. The van der Waals surface area contributed by atoms with Crippen LogP contribution in [0.15, 0.2) is 59.6 Å². The molecule has 0 atom stereocenters. The summed E-state index contributed by atoms with van der Waals surface area (Å²) < 4.78 is 0. The van der Waals surface area contributed by atoms with Crippen LogP contribution < -0.4 is 4.90 Å². The molecule has 1 saturated heterocycles. The minimum atomic E-state index is 0.898. The second kappa shape index (κ2) is 5.84. The molecule has 4 rings (SSSR count). The van der Waals surface area contributed by atoms with Gasteiger partial charge in [0.25, 0.3) is 0 Å². The van der Waals surface area contributed by atoms with Crippen molar-refractivity contribution in [3.63, 3.8) is 0 Å². The number of nitrogens with zero attached hydrogens (tertiary/aromatic N) is 3. The zero-order valence-electron chi connectivity index (χ0n) is 12.8. The number of hydrogen-bond acceptors (Lipinski definition) is 3. The quantitative estimate of drug-likeness (QED) is 0.785. The van der Waals surface area contributed by atoms with Crippen molar-refractivity contribution in [1.29, 1.82) is 0 Å². The van der Waals surface area contributed by atoms with Crippen molar-refractivity contribution in [2.45, 2.75) is 25.8 Å². The molecular formula is C19H21N3. The van der Waals surface area contributed by atoms with E-state index in [1.54, 1.807) is 0 Å². The molecule has 112 valence electrons. The summed E-state index contributed by atoms with van der Waals surface area (Å²) in [5.41, 5.74) is 3.64. The van der Waals surface area contributed by atoms with Gasteiger partial charge in [0.15, 0.2) is 0 Å². The van der Waals surface area contributed by atoms with E-state index in [1.807, 2.05) is 0 Å². The summed E-state index contributed by atoms with van der Waals surface area (Å²) in [7, 11) is 0. The third-order valence-corrected chi connectivity index (χ3v) is 4.49. The average Bonchev–Trinajstić information content (AvgIpc) is 2.62. The van der Waals surface area contributed by atoms with Crippen molar-refractivity contribution in [2.24, 2.45) is 4.99 Å². The van der Waals surface area contributed by atoms with Crippen LogP contribution in [0.1, 0.15) is 24.8 Å². The predicted octanol–water partition coefficient (Wildman–Crippen LogP) is 4.18. The van der Waals surface area contributed by atoms with Crippen molar-refractivity contribution >= 4 is 17.3 Å². The van der Waals surface area contributed by atoms with E-state index in [1.165, 1.54) is 30.5 Å². The first-order valence-corrected chi connectivity index (χ1v) is 8.16.